The molecule has 0 spiro atoms. The van der Waals surface area contributed by atoms with E-state index in [-0.39, 0.29) is 5.54 Å². The van der Waals surface area contributed by atoms with Crippen LogP contribution in [0.1, 0.15) is 44.4 Å². The van der Waals surface area contributed by atoms with Crippen molar-refractivity contribution in [2.75, 3.05) is 6.54 Å². The summed E-state index contributed by atoms with van der Waals surface area (Å²) in [6, 6.07) is 3.60. The lowest BCUT2D eigenvalue weighted by Crippen LogP contribution is -2.50. The van der Waals surface area contributed by atoms with Gasteiger partial charge in [0, 0.05) is 17.0 Å². The molecule has 1 aliphatic carbocycles. The van der Waals surface area contributed by atoms with Crippen LogP contribution in [0.4, 0.5) is 0 Å². The van der Waals surface area contributed by atoms with Crippen molar-refractivity contribution in [3.8, 4) is 0 Å². The van der Waals surface area contributed by atoms with Crippen molar-refractivity contribution in [1.29, 1.82) is 0 Å². The minimum absolute atomic E-state index is 0.233. The van der Waals surface area contributed by atoms with E-state index in [4.69, 9.17) is 0 Å². The summed E-state index contributed by atoms with van der Waals surface area (Å²) in [6.45, 7) is 5.79. The summed E-state index contributed by atoms with van der Waals surface area (Å²) in [5, 5.41) is 3.28. The molecule has 0 radical (unpaired) electrons. The first-order valence-electron chi connectivity index (χ1n) is 6.79. The van der Waals surface area contributed by atoms with Crippen LogP contribution in [-0.4, -0.2) is 20.5 Å². The molecule has 0 unspecified atom stereocenters. The van der Waals surface area contributed by atoms with Gasteiger partial charge in [0.2, 0.25) is 0 Å². The first-order chi connectivity index (χ1) is 8.95. The summed E-state index contributed by atoms with van der Waals surface area (Å²) in [4.78, 5) is 1.06. The molecule has 1 saturated carbocycles. The lowest BCUT2D eigenvalue weighted by atomic mass is 9.80. The van der Waals surface area contributed by atoms with Gasteiger partial charge in [-0.15, -0.1) is 11.3 Å². The van der Waals surface area contributed by atoms with Gasteiger partial charge < -0.3 is 5.32 Å². The van der Waals surface area contributed by atoms with Crippen LogP contribution in [-0.2, 0) is 16.6 Å². The second-order valence-electron chi connectivity index (χ2n) is 5.42. The summed E-state index contributed by atoms with van der Waals surface area (Å²) in [5.74, 6) is 0. The van der Waals surface area contributed by atoms with Crippen molar-refractivity contribution in [3.63, 3.8) is 0 Å². The van der Waals surface area contributed by atoms with E-state index >= 15 is 0 Å². The van der Waals surface area contributed by atoms with Crippen molar-refractivity contribution in [2.24, 2.45) is 0 Å². The Morgan fingerprint density at radius 1 is 1.37 bits per heavy atom. The Bertz CT molecular complexity index is 519. The van der Waals surface area contributed by atoms with Gasteiger partial charge in [0.05, 0.1) is 0 Å². The molecule has 19 heavy (non-hydrogen) atoms. The molecular weight excluding hydrogens is 280 g/mol. The maximum absolute atomic E-state index is 12.3. The standard InChI is InChI=1S/C13H22N2O2S2/c1-3-9-14-10-11-5-6-12(18-11)19(16,17)15-13(2)7-4-8-13/h5-6,14-15H,3-4,7-10H2,1-2H3. The van der Waals surface area contributed by atoms with Crippen LogP contribution < -0.4 is 10.0 Å². The summed E-state index contributed by atoms with van der Waals surface area (Å²) < 4.78 is 27.8. The summed E-state index contributed by atoms with van der Waals surface area (Å²) in [5.41, 5.74) is -0.233. The van der Waals surface area contributed by atoms with Gasteiger partial charge in [0.25, 0.3) is 10.0 Å². The largest absolute Gasteiger partial charge is 0.312 e. The fraction of sp³-hybridized carbons (Fsp3) is 0.692. The monoisotopic (exact) mass is 302 g/mol. The molecule has 2 N–H and O–H groups in total. The minimum Gasteiger partial charge on any atom is -0.312 e. The van der Waals surface area contributed by atoms with Gasteiger partial charge in [0.15, 0.2) is 0 Å². The highest BCUT2D eigenvalue weighted by Gasteiger charge is 2.36. The molecule has 4 nitrogen and oxygen atoms in total. The Morgan fingerprint density at radius 3 is 2.68 bits per heavy atom. The molecule has 108 valence electrons. The van der Waals surface area contributed by atoms with Gasteiger partial charge in [-0.3, -0.25) is 0 Å². The van der Waals surface area contributed by atoms with Crippen molar-refractivity contribution >= 4 is 21.4 Å². The maximum atomic E-state index is 12.3. The van der Waals surface area contributed by atoms with E-state index < -0.39 is 10.0 Å². The van der Waals surface area contributed by atoms with Crippen LogP contribution in [0.5, 0.6) is 0 Å². The Kier molecular flexibility index (Phi) is 4.66. The van der Waals surface area contributed by atoms with E-state index in [2.05, 4.69) is 17.0 Å². The number of hydrogen-bond acceptors (Lipinski definition) is 4. The third kappa shape index (κ3) is 3.78. The Balaban J connectivity index is 2.00. The third-order valence-corrected chi connectivity index (χ3v) is 6.68. The smallest absolute Gasteiger partial charge is 0.250 e. The number of sulfonamides is 1. The number of thiophene rings is 1. The second-order valence-corrected chi connectivity index (χ2v) is 8.49. The lowest BCUT2D eigenvalue weighted by Gasteiger charge is -2.38. The van der Waals surface area contributed by atoms with Gasteiger partial charge in [-0.2, -0.15) is 0 Å². The van der Waals surface area contributed by atoms with E-state index in [1.165, 1.54) is 11.3 Å². The van der Waals surface area contributed by atoms with Crippen LogP contribution in [0.2, 0.25) is 0 Å². The van der Waals surface area contributed by atoms with Crippen molar-refractivity contribution in [2.45, 2.75) is 55.8 Å². The van der Waals surface area contributed by atoms with E-state index in [0.717, 1.165) is 43.6 Å². The highest BCUT2D eigenvalue weighted by atomic mass is 32.2. The van der Waals surface area contributed by atoms with Crippen molar-refractivity contribution in [1.82, 2.24) is 10.0 Å². The van der Waals surface area contributed by atoms with Crippen LogP contribution in [0, 0.1) is 0 Å². The molecular formula is C13H22N2O2S2. The topological polar surface area (TPSA) is 58.2 Å². The molecule has 0 aliphatic heterocycles. The minimum atomic E-state index is -3.35. The molecule has 1 aromatic rings. The van der Waals surface area contributed by atoms with Gasteiger partial charge >= 0.3 is 0 Å². The molecule has 0 saturated heterocycles. The van der Waals surface area contributed by atoms with Crippen molar-refractivity contribution in [3.05, 3.63) is 17.0 Å². The molecule has 0 aromatic carbocycles. The SMILES string of the molecule is CCCNCc1ccc(S(=O)(=O)NC2(C)CCC2)s1. The van der Waals surface area contributed by atoms with Gasteiger partial charge in [-0.1, -0.05) is 6.92 Å². The molecule has 1 fully saturated rings. The van der Waals surface area contributed by atoms with Gasteiger partial charge in [0.1, 0.15) is 4.21 Å². The molecule has 1 heterocycles. The number of nitrogens with one attached hydrogen (secondary N) is 2. The summed E-state index contributed by atoms with van der Waals surface area (Å²) >= 11 is 1.35. The quantitative estimate of drug-likeness (QED) is 0.761. The van der Waals surface area contributed by atoms with E-state index in [0.29, 0.717) is 4.21 Å². The third-order valence-electron chi connectivity index (χ3n) is 3.47. The molecule has 2 rings (SSSR count). The first-order valence-corrected chi connectivity index (χ1v) is 9.09. The molecule has 0 bridgehead atoms. The second kappa shape index (κ2) is 5.91. The van der Waals surface area contributed by atoms with E-state index in [1.807, 2.05) is 13.0 Å². The Labute approximate surface area is 119 Å². The van der Waals surface area contributed by atoms with E-state index in [9.17, 15) is 8.42 Å². The van der Waals surface area contributed by atoms with E-state index in [1.54, 1.807) is 6.07 Å². The number of rotatable bonds is 7. The zero-order valence-electron chi connectivity index (χ0n) is 11.5. The lowest BCUT2D eigenvalue weighted by molar-refractivity contribution is 0.248. The molecule has 1 aliphatic rings. The normalized spacial score (nSPS) is 18.2. The molecule has 0 atom stereocenters. The zero-order valence-corrected chi connectivity index (χ0v) is 13.2. The molecule has 6 heteroatoms. The average Bonchev–Trinajstić information content (AvgIpc) is 2.76. The molecule has 0 amide bonds. The predicted molar refractivity (Wildman–Crippen MR) is 78.9 cm³/mol. The van der Waals surface area contributed by atoms with Gasteiger partial charge in [-0.05, 0) is 51.3 Å². The Hall–Kier alpha value is -0.430. The predicted octanol–water partition coefficient (Wildman–Crippen LogP) is 2.47. The summed E-state index contributed by atoms with van der Waals surface area (Å²) in [6.07, 6.45) is 4.05. The fourth-order valence-electron chi connectivity index (χ4n) is 2.17. The Morgan fingerprint density at radius 2 is 2.11 bits per heavy atom. The van der Waals surface area contributed by atoms with Crippen LogP contribution in [0.25, 0.3) is 0 Å². The zero-order chi connectivity index (χ0) is 13.9. The fourth-order valence-corrected chi connectivity index (χ4v) is 4.96. The maximum Gasteiger partial charge on any atom is 0.250 e. The van der Waals surface area contributed by atoms with Crippen LogP contribution in [0.3, 0.4) is 0 Å². The van der Waals surface area contributed by atoms with Gasteiger partial charge in [-0.25, -0.2) is 13.1 Å². The van der Waals surface area contributed by atoms with Crippen molar-refractivity contribution < 1.29 is 8.42 Å². The average molecular weight is 302 g/mol. The summed E-state index contributed by atoms with van der Waals surface area (Å²) in [7, 11) is -3.35. The molecule has 1 aromatic heterocycles. The highest BCUT2D eigenvalue weighted by Crippen LogP contribution is 2.33. The van der Waals surface area contributed by atoms with Crippen LogP contribution >= 0.6 is 11.3 Å². The number of hydrogen-bond donors (Lipinski definition) is 2. The highest BCUT2D eigenvalue weighted by molar-refractivity contribution is 7.91. The van der Waals surface area contributed by atoms with Crippen LogP contribution in [0.15, 0.2) is 16.3 Å². The first kappa shape index (κ1) is 15.0.